The minimum atomic E-state index is -0.188. The van der Waals surface area contributed by atoms with Crippen molar-refractivity contribution in [2.75, 3.05) is 7.11 Å². The molecule has 26 heavy (non-hydrogen) atoms. The van der Waals surface area contributed by atoms with Crippen molar-refractivity contribution in [2.24, 2.45) is 5.10 Å². The lowest BCUT2D eigenvalue weighted by Gasteiger charge is -2.08. The van der Waals surface area contributed by atoms with Gasteiger partial charge in [-0.25, -0.2) is 5.43 Å². The monoisotopic (exact) mass is 348 g/mol. The van der Waals surface area contributed by atoms with Crippen molar-refractivity contribution in [3.8, 4) is 11.5 Å². The van der Waals surface area contributed by atoms with E-state index in [1.165, 1.54) is 13.2 Å². The molecule has 2 N–H and O–H groups in total. The maximum absolute atomic E-state index is 12.3. The van der Waals surface area contributed by atoms with E-state index in [4.69, 9.17) is 4.74 Å². The number of hydrazone groups is 1. The maximum atomic E-state index is 12.3. The van der Waals surface area contributed by atoms with E-state index in [0.29, 0.717) is 11.5 Å². The average Bonchev–Trinajstić information content (AvgIpc) is 2.67. The number of carbonyl (C=O) groups is 1. The first-order chi connectivity index (χ1) is 12.6. The normalized spacial score (nSPS) is 11.4. The van der Waals surface area contributed by atoms with Crippen LogP contribution in [-0.2, 0) is 11.2 Å². The molecule has 0 aliphatic carbocycles. The fourth-order valence-electron chi connectivity index (χ4n) is 2.77. The number of aromatic hydroxyl groups is 1. The first-order valence-electron chi connectivity index (χ1n) is 8.25. The number of phenolic OH excluding ortho intramolecular Hbond substituents is 1. The van der Waals surface area contributed by atoms with Gasteiger partial charge in [0, 0.05) is 5.56 Å². The van der Waals surface area contributed by atoms with E-state index in [9.17, 15) is 9.90 Å². The topological polar surface area (TPSA) is 70.9 Å². The SMILES string of the molecule is COc1cc(/C(C)=N/NC(=O)Cc2cccc3ccccc23)ccc1O. The summed E-state index contributed by atoms with van der Waals surface area (Å²) in [6, 6.07) is 18.8. The number of amides is 1. The Morgan fingerprint density at radius 2 is 1.88 bits per heavy atom. The minimum Gasteiger partial charge on any atom is -0.504 e. The van der Waals surface area contributed by atoms with Gasteiger partial charge in [0.1, 0.15) is 0 Å². The Labute approximate surface area is 151 Å². The van der Waals surface area contributed by atoms with Crippen LogP contribution in [-0.4, -0.2) is 23.8 Å². The highest BCUT2D eigenvalue weighted by Gasteiger charge is 2.08. The number of phenols is 1. The summed E-state index contributed by atoms with van der Waals surface area (Å²) < 4.78 is 5.09. The fraction of sp³-hybridized carbons (Fsp3) is 0.143. The molecule has 3 rings (SSSR count). The van der Waals surface area contributed by atoms with Gasteiger partial charge in [-0.1, -0.05) is 42.5 Å². The molecule has 1 amide bonds. The summed E-state index contributed by atoms with van der Waals surface area (Å²) in [6.45, 7) is 1.78. The molecule has 0 saturated heterocycles. The molecule has 0 aromatic heterocycles. The third kappa shape index (κ3) is 3.83. The number of nitrogens with one attached hydrogen (secondary N) is 1. The van der Waals surface area contributed by atoms with Gasteiger partial charge in [-0.2, -0.15) is 5.10 Å². The lowest BCUT2D eigenvalue weighted by atomic mass is 10.0. The minimum absolute atomic E-state index is 0.0593. The van der Waals surface area contributed by atoms with Gasteiger partial charge in [-0.15, -0.1) is 0 Å². The molecule has 0 unspecified atom stereocenters. The zero-order chi connectivity index (χ0) is 18.5. The van der Waals surface area contributed by atoms with Crippen molar-refractivity contribution in [2.45, 2.75) is 13.3 Å². The van der Waals surface area contributed by atoms with Crippen molar-refractivity contribution in [1.82, 2.24) is 5.43 Å². The number of hydrogen-bond acceptors (Lipinski definition) is 4. The van der Waals surface area contributed by atoms with E-state index in [1.807, 2.05) is 42.5 Å². The van der Waals surface area contributed by atoms with Crippen LogP contribution >= 0.6 is 0 Å². The van der Waals surface area contributed by atoms with Crippen LogP contribution in [0.2, 0.25) is 0 Å². The molecule has 3 aromatic rings. The molecule has 132 valence electrons. The van der Waals surface area contributed by atoms with E-state index in [0.717, 1.165) is 21.9 Å². The molecule has 0 radical (unpaired) electrons. The second kappa shape index (κ2) is 7.70. The van der Waals surface area contributed by atoms with Crippen LogP contribution in [0.5, 0.6) is 11.5 Å². The summed E-state index contributed by atoms with van der Waals surface area (Å²) in [4.78, 5) is 12.3. The molecule has 0 spiro atoms. The highest BCUT2D eigenvalue weighted by molar-refractivity contribution is 6.00. The number of hydrogen-bond donors (Lipinski definition) is 2. The van der Waals surface area contributed by atoms with Crippen molar-refractivity contribution in [3.63, 3.8) is 0 Å². The molecule has 5 heteroatoms. The fourth-order valence-corrected chi connectivity index (χ4v) is 2.77. The third-order valence-corrected chi connectivity index (χ3v) is 4.18. The van der Waals surface area contributed by atoms with Crippen molar-refractivity contribution in [3.05, 3.63) is 71.8 Å². The zero-order valence-corrected chi connectivity index (χ0v) is 14.7. The predicted octanol–water partition coefficient (Wildman–Crippen LogP) is 3.64. The second-order valence-corrected chi connectivity index (χ2v) is 5.93. The first kappa shape index (κ1) is 17.5. The molecular weight excluding hydrogens is 328 g/mol. The quantitative estimate of drug-likeness (QED) is 0.546. The Morgan fingerprint density at radius 1 is 1.12 bits per heavy atom. The van der Waals surface area contributed by atoms with E-state index in [2.05, 4.69) is 10.5 Å². The highest BCUT2D eigenvalue weighted by atomic mass is 16.5. The molecule has 0 bridgehead atoms. The lowest BCUT2D eigenvalue weighted by Crippen LogP contribution is -2.21. The predicted molar refractivity (Wildman–Crippen MR) is 103 cm³/mol. The Hall–Kier alpha value is -3.34. The lowest BCUT2D eigenvalue weighted by molar-refractivity contribution is -0.120. The summed E-state index contributed by atoms with van der Waals surface area (Å²) in [5, 5.41) is 16.0. The molecule has 5 nitrogen and oxygen atoms in total. The van der Waals surface area contributed by atoms with Gasteiger partial charge in [0.05, 0.1) is 19.2 Å². The summed E-state index contributed by atoms with van der Waals surface area (Å²) in [5.41, 5.74) is 4.92. The van der Waals surface area contributed by atoms with Gasteiger partial charge in [-0.05, 0) is 41.5 Å². The molecule has 0 aliphatic rings. The van der Waals surface area contributed by atoms with Crippen molar-refractivity contribution < 1.29 is 14.6 Å². The molecular formula is C21H20N2O3. The van der Waals surface area contributed by atoms with Gasteiger partial charge in [0.15, 0.2) is 11.5 Å². The van der Waals surface area contributed by atoms with Gasteiger partial charge < -0.3 is 9.84 Å². The number of nitrogens with zero attached hydrogens (tertiary/aromatic N) is 1. The van der Waals surface area contributed by atoms with Gasteiger partial charge in [0.25, 0.3) is 0 Å². The first-order valence-corrected chi connectivity index (χ1v) is 8.25. The second-order valence-electron chi connectivity index (χ2n) is 5.93. The third-order valence-electron chi connectivity index (χ3n) is 4.18. The van der Waals surface area contributed by atoms with Crippen LogP contribution in [0.1, 0.15) is 18.1 Å². The molecule has 0 atom stereocenters. The summed E-state index contributed by atoms with van der Waals surface area (Å²) in [7, 11) is 1.48. The largest absolute Gasteiger partial charge is 0.504 e. The molecule has 3 aromatic carbocycles. The number of benzene rings is 3. The number of methoxy groups -OCH3 is 1. The number of fused-ring (bicyclic) bond motifs is 1. The van der Waals surface area contributed by atoms with Crippen LogP contribution in [0.25, 0.3) is 10.8 Å². The van der Waals surface area contributed by atoms with Crippen LogP contribution in [0, 0.1) is 0 Å². The number of carbonyl (C=O) groups excluding carboxylic acids is 1. The van der Waals surface area contributed by atoms with Crippen LogP contribution in [0.3, 0.4) is 0 Å². The average molecular weight is 348 g/mol. The van der Waals surface area contributed by atoms with Gasteiger partial charge >= 0.3 is 0 Å². The van der Waals surface area contributed by atoms with Crippen LogP contribution in [0.15, 0.2) is 65.8 Å². The molecule has 0 saturated carbocycles. The van der Waals surface area contributed by atoms with E-state index in [-0.39, 0.29) is 18.1 Å². The van der Waals surface area contributed by atoms with E-state index >= 15 is 0 Å². The Balaban J connectivity index is 1.72. The standard InChI is InChI=1S/C21H20N2O3/c1-14(16-10-11-19(24)20(12-16)26-2)22-23-21(25)13-17-8-5-7-15-6-3-4-9-18(15)17/h3-12,24H,13H2,1-2H3,(H,23,25)/b22-14+. The van der Waals surface area contributed by atoms with Crippen molar-refractivity contribution in [1.29, 1.82) is 0 Å². The smallest absolute Gasteiger partial charge is 0.244 e. The summed E-state index contributed by atoms with van der Waals surface area (Å²) >= 11 is 0. The Morgan fingerprint density at radius 3 is 2.69 bits per heavy atom. The van der Waals surface area contributed by atoms with Gasteiger partial charge in [0.2, 0.25) is 5.91 Å². The van der Waals surface area contributed by atoms with Crippen molar-refractivity contribution >= 4 is 22.4 Å². The summed E-state index contributed by atoms with van der Waals surface area (Å²) in [5.74, 6) is 0.231. The Kier molecular flexibility index (Phi) is 5.17. The zero-order valence-electron chi connectivity index (χ0n) is 14.7. The summed E-state index contributed by atoms with van der Waals surface area (Å²) in [6.07, 6.45) is 0.247. The van der Waals surface area contributed by atoms with E-state index < -0.39 is 0 Å². The van der Waals surface area contributed by atoms with Crippen LogP contribution in [0.4, 0.5) is 0 Å². The number of rotatable bonds is 5. The highest BCUT2D eigenvalue weighted by Crippen LogP contribution is 2.26. The molecule has 0 aliphatic heterocycles. The van der Waals surface area contributed by atoms with Crippen LogP contribution < -0.4 is 10.2 Å². The molecule has 0 heterocycles. The Bertz CT molecular complexity index is 975. The molecule has 0 fully saturated rings. The van der Waals surface area contributed by atoms with Gasteiger partial charge in [-0.3, -0.25) is 4.79 Å². The maximum Gasteiger partial charge on any atom is 0.244 e. The van der Waals surface area contributed by atoms with E-state index in [1.54, 1.807) is 19.1 Å². The number of ether oxygens (including phenoxy) is 1.